The van der Waals surface area contributed by atoms with Crippen LogP contribution in [0, 0.1) is 0 Å². The molecule has 146 valence electrons. The Balaban J connectivity index is 0.00000243. The van der Waals surface area contributed by atoms with Gasteiger partial charge >= 0.3 is 0 Å². The molecule has 0 aliphatic carbocycles. The van der Waals surface area contributed by atoms with Gasteiger partial charge < -0.3 is 15.0 Å². The van der Waals surface area contributed by atoms with Crippen molar-refractivity contribution in [1.29, 1.82) is 0 Å². The van der Waals surface area contributed by atoms with Gasteiger partial charge in [0, 0.05) is 45.7 Å². The molecule has 6 heteroatoms. The van der Waals surface area contributed by atoms with Gasteiger partial charge in [-0.05, 0) is 31.4 Å². The number of rotatable bonds is 6. The molecule has 2 aliphatic heterocycles. The third kappa shape index (κ3) is 6.39. The topological polar surface area (TPSA) is 40.1 Å². The van der Waals surface area contributed by atoms with Crippen LogP contribution in [-0.4, -0.2) is 75.3 Å². The Labute approximate surface area is 175 Å². The molecule has 1 aromatic carbocycles. The van der Waals surface area contributed by atoms with E-state index in [-0.39, 0.29) is 24.0 Å². The minimum Gasteiger partial charge on any atom is -0.379 e. The highest BCUT2D eigenvalue weighted by Crippen LogP contribution is 2.26. The summed E-state index contributed by atoms with van der Waals surface area (Å²) >= 11 is 0. The van der Waals surface area contributed by atoms with Crippen LogP contribution in [0.2, 0.25) is 0 Å². The average molecular weight is 472 g/mol. The van der Waals surface area contributed by atoms with Gasteiger partial charge in [-0.15, -0.1) is 24.0 Å². The van der Waals surface area contributed by atoms with E-state index in [1.807, 2.05) is 7.05 Å². The lowest BCUT2D eigenvalue weighted by molar-refractivity contribution is 0.0372. The fraction of sp³-hybridized carbons (Fsp3) is 0.650. The number of hydrogen-bond acceptors (Lipinski definition) is 3. The zero-order valence-corrected chi connectivity index (χ0v) is 18.2. The number of nitrogens with one attached hydrogen (secondary N) is 1. The van der Waals surface area contributed by atoms with E-state index in [1.165, 1.54) is 31.4 Å². The minimum atomic E-state index is 0. The van der Waals surface area contributed by atoms with Gasteiger partial charge in [0.15, 0.2) is 5.96 Å². The van der Waals surface area contributed by atoms with Crippen LogP contribution in [0.1, 0.15) is 30.7 Å². The SMILES string of the molecule is CN=C(NCCCCN1CCOCC1)N1CCC(c2ccccc2)C1.I. The number of likely N-dealkylation sites (tertiary alicyclic amines) is 1. The lowest BCUT2D eigenvalue weighted by atomic mass is 9.99. The van der Waals surface area contributed by atoms with Gasteiger partial charge in [0.25, 0.3) is 0 Å². The number of unbranched alkanes of at least 4 members (excludes halogenated alkanes) is 1. The van der Waals surface area contributed by atoms with Crippen LogP contribution >= 0.6 is 24.0 Å². The molecule has 5 nitrogen and oxygen atoms in total. The third-order valence-corrected chi connectivity index (χ3v) is 5.26. The molecule has 1 N–H and O–H groups in total. The number of nitrogens with zero attached hydrogens (tertiary/aromatic N) is 3. The fourth-order valence-corrected chi connectivity index (χ4v) is 3.77. The number of guanidine groups is 1. The summed E-state index contributed by atoms with van der Waals surface area (Å²) in [7, 11) is 1.89. The molecular weight excluding hydrogens is 439 g/mol. The second-order valence-electron chi connectivity index (χ2n) is 6.98. The number of aliphatic imine (C=N–C) groups is 1. The van der Waals surface area contributed by atoms with Crippen LogP contribution in [0.25, 0.3) is 0 Å². The molecular formula is C20H33IN4O. The van der Waals surface area contributed by atoms with Gasteiger partial charge in [0.1, 0.15) is 0 Å². The van der Waals surface area contributed by atoms with Gasteiger partial charge in [0.2, 0.25) is 0 Å². The molecule has 0 aromatic heterocycles. The van der Waals surface area contributed by atoms with Crippen molar-refractivity contribution in [1.82, 2.24) is 15.1 Å². The van der Waals surface area contributed by atoms with Crippen molar-refractivity contribution in [2.24, 2.45) is 4.99 Å². The summed E-state index contributed by atoms with van der Waals surface area (Å²) in [5.74, 6) is 1.69. The monoisotopic (exact) mass is 472 g/mol. The van der Waals surface area contributed by atoms with Crippen molar-refractivity contribution in [3.05, 3.63) is 35.9 Å². The molecule has 26 heavy (non-hydrogen) atoms. The predicted molar refractivity (Wildman–Crippen MR) is 119 cm³/mol. The summed E-state index contributed by atoms with van der Waals surface area (Å²) in [6.07, 6.45) is 3.63. The first-order valence-corrected chi connectivity index (χ1v) is 9.67. The van der Waals surface area contributed by atoms with Crippen molar-refractivity contribution in [2.75, 3.05) is 59.5 Å². The van der Waals surface area contributed by atoms with Crippen LogP contribution < -0.4 is 5.32 Å². The Morgan fingerprint density at radius 1 is 1.15 bits per heavy atom. The molecule has 2 heterocycles. The van der Waals surface area contributed by atoms with E-state index in [1.54, 1.807) is 0 Å². The van der Waals surface area contributed by atoms with E-state index >= 15 is 0 Å². The minimum absolute atomic E-state index is 0. The molecule has 1 aromatic rings. The molecule has 2 saturated heterocycles. The number of halogens is 1. The lowest BCUT2D eigenvalue weighted by Crippen LogP contribution is -2.40. The van der Waals surface area contributed by atoms with Crippen LogP contribution in [0.4, 0.5) is 0 Å². The van der Waals surface area contributed by atoms with E-state index < -0.39 is 0 Å². The summed E-state index contributed by atoms with van der Waals surface area (Å²) in [4.78, 5) is 9.40. The maximum Gasteiger partial charge on any atom is 0.193 e. The first-order valence-electron chi connectivity index (χ1n) is 9.67. The maximum absolute atomic E-state index is 5.40. The first-order chi connectivity index (χ1) is 12.4. The molecule has 2 fully saturated rings. The molecule has 0 radical (unpaired) electrons. The van der Waals surface area contributed by atoms with Crippen molar-refractivity contribution >= 4 is 29.9 Å². The third-order valence-electron chi connectivity index (χ3n) is 5.26. The molecule has 2 aliphatic rings. The van der Waals surface area contributed by atoms with E-state index in [2.05, 4.69) is 50.4 Å². The van der Waals surface area contributed by atoms with Gasteiger partial charge in [-0.2, -0.15) is 0 Å². The Morgan fingerprint density at radius 2 is 1.92 bits per heavy atom. The second-order valence-corrected chi connectivity index (χ2v) is 6.98. The quantitative estimate of drug-likeness (QED) is 0.299. The predicted octanol–water partition coefficient (Wildman–Crippen LogP) is 2.78. The van der Waals surface area contributed by atoms with Crippen molar-refractivity contribution in [3.8, 4) is 0 Å². The van der Waals surface area contributed by atoms with Gasteiger partial charge in [-0.3, -0.25) is 9.89 Å². The maximum atomic E-state index is 5.40. The Morgan fingerprint density at radius 3 is 2.65 bits per heavy atom. The van der Waals surface area contributed by atoms with Crippen LogP contribution in [-0.2, 0) is 4.74 Å². The van der Waals surface area contributed by atoms with Crippen molar-refractivity contribution < 1.29 is 4.74 Å². The molecule has 0 spiro atoms. The number of benzene rings is 1. The van der Waals surface area contributed by atoms with Gasteiger partial charge in [-0.1, -0.05) is 30.3 Å². The zero-order valence-electron chi connectivity index (χ0n) is 15.9. The summed E-state index contributed by atoms with van der Waals surface area (Å²) in [5.41, 5.74) is 1.45. The van der Waals surface area contributed by atoms with Crippen LogP contribution in [0.5, 0.6) is 0 Å². The van der Waals surface area contributed by atoms with E-state index in [4.69, 9.17) is 4.74 Å². The molecule has 0 amide bonds. The Kier molecular flexibility index (Phi) is 9.71. The second kappa shape index (κ2) is 11.8. The van der Waals surface area contributed by atoms with Crippen LogP contribution in [0.3, 0.4) is 0 Å². The highest BCUT2D eigenvalue weighted by molar-refractivity contribution is 14.0. The summed E-state index contributed by atoms with van der Waals surface area (Å²) in [6.45, 7) is 8.30. The van der Waals surface area contributed by atoms with Crippen molar-refractivity contribution in [3.63, 3.8) is 0 Å². The van der Waals surface area contributed by atoms with Gasteiger partial charge in [0.05, 0.1) is 13.2 Å². The van der Waals surface area contributed by atoms with E-state index in [9.17, 15) is 0 Å². The average Bonchev–Trinajstić information content (AvgIpc) is 3.16. The molecule has 1 unspecified atom stereocenters. The molecule has 1 atom stereocenters. The highest BCUT2D eigenvalue weighted by atomic mass is 127. The summed E-state index contributed by atoms with van der Waals surface area (Å²) < 4.78 is 5.40. The van der Waals surface area contributed by atoms with Crippen molar-refractivity contribution in [2.45, 2.75) is 25.2 Å². The lowest BCUT2D eigenvalue weighted by Gasteiger charge is -2.26. The Bertz CT molecular complexity index is 534. The highest BCUT2D eigenvalue weighted by Gasteiger charge is 2.25. The number of morpholine rings is 1. The standard InChI is InChI=1S/C20H32N4O.HI/c1-21-20(22-10-5-6-11-23-13-15-25-16-14-23)24-12-9-19(17-24)18-7-3-2-4-8-18;/h2-4,7-8,19H,5-6,9-17H2,1H3,(H,21,22);1H. The van der Waals surface area contributed by atoms with E-state index in [0.717, 1.165) is 51.9 Å². The fourth-order valence-electron chi connectivity index (χ4n) is 3.77. The first kappa shape index (κ1) is 21.4. The largest absolute Gasteiger partial charge is 0.379 e. The van der Waals surface area contributed by atoms with Gasteiger partial charge in [-0.25, -0.2) is 0 Å². The smallest absolute Gasteiger partial charge is 0.193 e. The molecule has 0 saturated carbocycles. The molecule has 0 bridgehead atoms. The summed E-state index contributed by atoms with van der Waals surface area (Å²) in [6, 6.07) is 10.9. The van der Waals surface area contributed by atoms with E-state index in [0.29, 0.717) is 5.92 Å². The van der Waals surface area contributed by atoms with Crippen LogP contribution in [0.15, 0.2) is 35.3 Å². The molecule has 3 rings (SSSR count). The zero-order chi connectivity index (χ0) is 17.3. The normalized spacial score (nSPS) is 21.5. The summed E-state index contributed by atoms with van der Waals surface area (Å²) in [5, 5.41) is 3.55. The number of ether oxygens (including phenoxy) is 1. The Hall–Kier alpha value is -0.860. The number of hydrogen-bond donors (Lipinski definition) is 1.